The van der Waals surface area contributed by atoms with Crippen LogP contribution in [0, 0.1) is 0 Å². The maximum atomic E-state index is 12.5. The number of hydrogen-bond donors (Lipinski definition) is 2. The SMILES string of the molecule is COP(=O)(O)C[C@H]1OC(COC(C)=O)[C@@H](OCc2ccccc2)[C@@H](OCc2ccccc2)C1NC(C)=O. The Morgan fingerprint density at radius 2 is 1.46 bits per heavy atom. The molecule has 0 saturated carbocycles. The molecular weight excluding hydrogens is 501 g/mol. The highest BCUT2D eigenvalue weighted by molar-refractivity contribution is 7.52. The van der Waals surface area contributed by atoms with Crippen molar-refractivity contribution in [2.24, 2.45) is 0 Å². The molecule has 1 fully saturated rings. The van der Waals surface area contributed by atoms with Crippen molar-refractivity contribution in [2.75, 3.05) is 19.9 Å². The predicted molar refractivity (Wildman–Crippen MR) is 135 cm³/mol. The van der Waals surface area contributed by atoms with Gasteiger partial charge in [0, 0.05) is 21.0 Å². The number of carbonyl (C=O) groups is 2. The number of nitrogens with one attached hydrogen (secondary N) is 1. The van der Waals surface area contributed by atoms with Crippen molar-refractivity contribution >= 4 is 19.5 Å². The molecule has 3 unspecified atom stereocenters. The third-order valence-corrected chi connectivity index (χ3v) is 7.27. The first-order chi connectivity index (χ1) is 17.7. The van der Waals surface area contributed by atoms with Crippen LogP contribution in [0.4, 0.5) is 0 Å². The predicted octanol–water partition coefficient (Wildman–Crippen LogP) is 2.82. The molecule has 1 heterocycles. The summed E-state index contributed by atoms with van der Waals surface area (Å²) in [4.78, 5) is 34.0. The van der Waals surface area contributed by atoms with Crippen LogP contribution in [0.3, 0.4) is 0 Å². The Balaban J connectivity index is 1.96. The van der Waals surface area contributed by atoms with Gasteiger partial charge >= 0.3 is 13.6 Å². The number of rotatable bonds is 12. The molecule has 2 N–H and O–H groups in total. The molecule has 202 valence electrons. The molecule has 2 aromatic rings. The summed E-state index contributed by atoms with van der Waals surface area (Å²) in [5.74, 6) is -0.894. The first-order valence-corrected chi connectivity index (χ1v) is 13.7. The summed E-state index contributed by atoms with van der Waals surface area (Å²) < 4.78 is 41.3. The summed E-state index contributed by atoms with van der Waals surface area (Å²) in [6.45, 7) is 2.82. The van der Waals surface area contributed by atoms with E-state index in [-0.39, 0.29) is 25.7 Å². The monoisotopic (exact) mass is 535 g/mol. The second-order valence-electron chi connectivity index (χ2n) is 8.77. The van der Waals surface area contributed by atoms with Crippen LogP contribution in [0.15, 0.2) is 60.7 Å². The first kappa shape index (κ1) is 29.0. The van der Waals surface area contributed by atoms with E-state index in [9.17, 15) is 19.0 Å². The molecule has 1 aliphatic heterocycles. The van der Waals surface area contributed by atoms with Gasteiger partial charge in [0.15, 0.2) is 0 Å². The smallest absolute Gasteiger partial charge is 0.330 e. The fraction of sp³-hybridized carbons (Fsp3) is 0.462. The Labute approximate surface area is 216 Å². The van der Waals surface area contributed by atoms with Crippen LogP contribution in [0.1, 0.15) is 25.0 Å². The van der Waals surface area contributed by atoms with E-state index >= 15 is 0 Å². The van der Waals surface area contributed by atoms with Crippen LogP contribution >= 0.6 is 7.60 Å². The van der Waals surface area contributed by atoms with E-state index in [2.05, 4.69) is 5.32 Å². The van der Waals surface area contributed by atoms with E-state index in [1.807, 2.05) is 60.7 Å². The molecule has 10 nitrogen and oxygen atoms in total. The van der Waals surface area contributed by atoms with Gasteiger partial charge in [0.1, 0.15) is 24.9 Å². The van der Waals surface area contributed by atoms with Crippen molar-refractivity contribution in [2.45, 2.75) is 57.5 Å². The number of ether oxygens (including phenoxy) is 4. The van der Waals surface area contributed by atoms with Gasteiger partial charge < -0.3 is 33.7 Å². The largest absolute Gasteiger partial charge is 0.463 e. The van der Waals surface area contributed by atoms with Crippen LogP contribution in [0.25, 0.3) is 0 Å². The van der Waals surface area contributed by atoms with Crippen molar-refractivity contribution in [3.8, 4) is 0 Å². The van der Waals surface area contributed by atoms with Crippen molar-refractivity contribution in [3.63, 3.8) is 0 Å². The number of hydrogen-bond acceptors (Lipinski definition) is 8. The number of amides is 1. The Morgan fingerprint density at radius 1 is 0.919 bits per heavy atom. The molecule has 6 atom stereocenters. The Bertz CT molecular complexity index is 1050. The normalized spacial score (nSPS) is 25.1. The minimum atomic E-state index is -4.05. The average Bonchev–Trinajstić information content (AvgIpc) is 2.87. The molecule has 37 heavy (non-hydrogen) atoms. The van der Waals surface area contributed by atoms with Crippen LogP contribution in [-0.4, -0.2) is 67.1 Å². The Kier molecular flexibility index (Phi) is 10.8. The van der Waals surface area contributed by atoms with Gasteiger partial charge in [0.2, 0.25) is 5.91 Å². The molecule has 1 aliphatic rings. The second kappa shape index (κ2) is 13.8. The summed E-state index contributed by atoms with van der Waals surface area (Å²) >= 11 is 0. The molecule has 0 radical (unpaired) electrons. The standard InChI is InChI=1S/C26H34NO9P/c1-18(28)27-24-23(17-37(30,31)32-3)36-22(16-33-19(2)29)25(34-14-20-10-6-4-7-11-20)26(24)35-15-21-12-8-5-9-13-21/h4-13,22-26H,14-17H2,1-3H3,(H,27,28)(H,30,31)/t22?,23-,24?,25-,26+/m1/s1. The lowest BCUT2D eigenvalue weighted by atomic mass is 9.92. The van der Waals surface area contributed by atoms with Crippen molar-refractivity contribution in [1.29, 1.82) is 0 Å². The maximum absolute atomic E-state index is 12.5. The minimum absolute atomic E-state index is 0.175. The topological polar surface area (TPSA) is 130 Å². The quantitative estimate of drug-likeness (QED) is 0.311. The van der Waals surface area contributed by atoms with E-state index in [4.69, 9.17) is 23.5 Å². The van der Waals surface area contributed by atoms with Gasteiger partial charge in [-0.05, 0) is 11.1 Å². The van der Waals surface area contributed by atoms with Crippen molar-refractivity contribution in [3.05, 3.63) is 71.8 Å². The van der Waals surface area contributed by atoms with Gasteiger partial charge in [-0.1, -0.05) is 60.7 Å². The van der Waals surface area contributed by atoms with Crippen LogP contribution in [0.2, 0.25) is 0 Å². The highest BCUT2D eigenvalue weighted by atomic mass is 31.2. The highest BCUT2D eigenvalue weighted by Gasteiger charge is 2.50. The molecule has 0 aliphatic carbocycles. The fourth-order valence-electron chi connectivity index (χ4n) is 4.15. The summed E-state index contributed by atoms with van der Waals surface area (Å²) in [6.07, 6.45) is -3.86. The molecule has 1 saturated heterocycles. The van der Waals surface area contributed by atoms with Crippen molar-refractivity contribution in [1.82, 2.24) is 5.32 Å². The Morgan fingerprint density at radius 3 is 1.95 bits per heavy atom. The maximum Gasteiger partial charge on any atom is 0.330 e. The molecule has 0 spiro atoms. The summed E-state index contributed by atoms with van der Waals surface area (Å²) in [5.41, 5.74) is 1.78. The lowest BCUT2D eigenvalue weighted by molar-refractivity contribution is -0.227. The van der Waals surface area contributed by atoms with Gasteiger partial charge in [-0.15, -0.1) is 0 Å². The number of benzene rings is 2. The molecule has 1 amide bonds. The zero-order chi connectivity index (χ0) is 26.8. The fourth-order valence-corrected chi connectivity index (χ4v) is 5.07. The van der Waals surface area contributed by atoms with Crippen LogP contribution in [0.5, 0.6) is 0 Å². The lowest BCUT2D eigenvalue weighted by Crippen LogP contribution is -2.66. The zero-order valence-electron chi connectivity index (χ0n) is 21.1. The summed E-state index contributed by atoms with van der Waals surface area (Å²) in [7, 11) is -2.93. The first-order valence-electron chi connectivity index (χ1n) is 11.9. The van der Waals surface area contributed by atoms with Crippen LogP contribution < -0.4 is 5.32 Å². The molecule has 0 bridgehead atoms. The number of esters is 1. The minimum Gasteiger partial charge on any atom is -0.463 e. The Hall–Kier alpha value is -2.59. The molecule has 3 rings (SSSR count). The van der Waals surface area contributed by atoms with E-state index in [0.29, 0.717) is 0 Å². The lowest BCUT2D eigenvalue weighted by Gasteiger charge is -2.46. The zero-order valence-corrected chi connectivity index (χ0v) is 22.0. The van der Waals surface area contributed by atoms with Gasteiger partial charge in [0.05, 0.1) is 31.5 Å². The van der Waals surface area contributed by atoms with E-state index in [1.54, 1.807) is 0 Å². The highest BCUT2D eigenvalue weighted by Crippen LogP contribution is 2.44. The second-order valence-corrected chi connectivity index (χ2v) is 10.8. The molecule has 0 aromatic heterocycles. The van der Waals surface area contributed by atoms with Gasteiger partial charge in [-0.25, -0.2) is 0 Å². The van der Waals surface area contributed by atoms with E-state index in [1.165, 1.54) is 13.8 Å². The van der Waals surface area contributed by atoms with Crippen LogP contribution in [-0.2, 0) is 50.8 Å². The van der Waals surface area contributed by atoms with Gasteiger partial charge in [-0.3, -0.25) is 14.2 Å². The molecule has 2 aromatic carbocycles. The third kappa shape index (κ3) is 9.03. The summed E-state index contributed by atoms with van der Waals surface area (Å²) in [5, 5.41) is 2.81. The number of carbonyl (C=O) groups excluding carboxylic acids is 2. The summed E-state index contributed by atoms with van der Waals surface area (Å²) in [6, 6.07) is 18.0. The van der Waals surface area contributed by atoms with E-state index in [0.717, 1.165) is 18.2 Å². The average molecular weight is 536 g/mol. The van der Waals surface area contributed by atoms with Gasteiger partial charge in [0.25, 0.3) is 0 Å². The third-order valence-electron chi connectivity index (χ3n) is 5.88. The van der Waals surface area contributed by atoms with E-state index < -0.39 is 50.2 Å². The van der Waals surface area contributed by atoms with Crippen molar-refractivity contribution < 1.29 is 42.5 Å². The van der Waals surface area contributed by atoms with Gasteiger partial charge in [-0.2, -0.15) is 0 Å². The molecule has 11 heteroatoms. The molecular formula is C26H34NO9P.